The lowest BCUT2D eigenvalue weighted by atomic mass is 9.66. The average Bonchev–Trinajstić information content (AvgIpc) is 3.73. The number of allylic oxidation sites excluding steroid dienone is 1. The topological polar surface area (TPSA) is 97.3 Å². The summed E-state index contributed by atoms with van der Waals surface area (Å²) >= 11 is 7.15. The van der Waals surface area contributed by atoms with Crippen LogP contribution < -0.4 is 4.90 Å². The Bertz CT molecular complexity index is 1820. The Morgan fingerprint density at radius 1 is 1.06 bits per heavy atom. The molecule has 2 aromatic heterocycles. The van der Waals surface area contributed by atoms with Gasteiger partial charge in [-0.2, -0.15) is 0 Å². The molecular formula is C37H41N3O5S2. The molecule has 6 unspecified atom stereocenters. The summed E-state index contributed by atoms with van der Waals surface area (Å²) in [6, 6.07) is 19.5. The summed E-state index contributed by atoms with van der Waals surface area (Å²) in [5.74, 6) is -0.0894. The number of para-hydroxylation sites is 2. The van der Waals surface area contributed by atoms with Crippen LogP contribution >= 0.6 is 24.0 Å². The minimum atomic E-state index is -1.18. The molecule has 10 heteroatoms. The molecule has 246 valence electrons. The molecule has 3 heterocycles. The van der Waals surface area contributed by atoms with Crippen molar-refractivity contribution in [2.45, 2.75) is 81.4 Å². The van der Waals surface area contributed by atoms with Gasteiger partial charge in [0.25, 0.3) is 0 Å². The van der Waals surface area contributed by atoms with Crippen molar-refractivity contribution in [2.75, 3.05) is 17.8 Å². The molecule has 1 saturated carbocycles. The Balaban J connectivity index is 1.30. The normalized spacial score (nSPS) is 26.9. The van der Waals surface area contributed by atoms with E-state index in [4.69, 9.17) is 26.4 Å². The van der Waals surface area contributed by atoms with Crippen LogP contribution in [0.2, 0.25) is 0 Å². The van der Waals surface area contributed by atoms with Crippen molar-refractivity contribution in [2.24, 2.45) is 5.92 Å². The Kier molecular flexibility index (Phi) is 9.69. The number of aliphatic hydroxyl groups is 1. The van der Waals surface area contributed by atoms with Crippen LogP contribution in [-0.2, 0) is 14.2 Å². The molecule has 0 bridgehead atoms. The van der Waals surface area contributed by atoms with Crippen molar-refractivity contribution in [3.8, 4) is 0 Å². The maximum Gasteiger partial charge on any atom is 0.419 e. The number of carbonyl (C=O) groups is 1. The van der Waals surface area contributed by atoms with Gasteiger partial charge in [-0.1, -0.05) is 60.3 Å². The second kappa shape index (κ2) is 13.6. The van der Waals surface area contributed by atoms with Gasteiger partial charge in [0.15, 0.2) is 0 Å². The lowest BCUT2D eigenvalue weighted by molar-refractivity contribution is -0.169. The summed E-state index contributed by atoms with van der Waals surface area (Å²) in [6.45, 7) is 7.87. The predicted molar refractivity (Wildman–Crippen MR) is 191 cm³/mol. The summed E-state index contributed by atoms with van der Waals surface area (Å²) in [7, 11) is 1.61. The first-order chi connectivity index (χ1) is 22.6. The summed E-state index contributed by atoms with van der Waals surface area (Å²) in [6.07, 6.45) is 5.16. The first-order valence-corrected chi connectivity index (χ1v) is 17.3. The smallest absolute Gasteiger partial charge is 0.419 e. The minimum absolute atomic E-state index is 0.105. The summed E-state index contributed by atoms with van der Waals surface area (Å²) in [5.41, 5.74) is 1.44. The van der Waals surface area contributed by atoms with E-state index >= 15 is 0 Å². The molecule has 1 N–H and O–H groups in total. The van der Waals surface area contributed by atoms with Crippen LogP contribution in [0.1, 0.15) is 47.0 Å². The number of pyridine rings is 2. The third kappa shape index (κ3) is 6.67. The number of thiocarbonyl (C=S) groups is 1. The van der Waals surface area contributed by atoms with Crippen LogP contribution in [0.5, 0.6) is 0 Å². The van der Waals surface area contributed by atoms with Gasteiger partial charge in [0.1, 0.15) is 17.8 Å². The Hall–Kier alpha value is -3.41. The number of carbonyl (C=O) groups excluding carboxylic acids is 1. The first kappa shape index (κ1) is 33.5. The van der Waals surface area contributed by atoms with Gasteiger partial charge in [-0.25, -0.2) is 9.69 Å². The zero-order valence-corrected chi connectivity index (χ0v) is 29.0. The van der Waals surface area contributed by atoms with Gasteiger partial charge >= 0.3 is 6.09 Å². The SMILES string of the molecule is COC1C(OC(=O)N(C(C)=S)c2cccc3cccnc23)CCC(O)(CSc2cccc3cccnc23)C1C1(C)OC1CC=C(C)C. The van der Waals surface area contributed by atoms with Crippen LogP contribution in [0.15, 0.2) is 89.6 Å². The monoisotopic (exact) mass is 671 g/mol. The summed E-state index contributed by atoms with van der Waals surface area (Å²) in [5, 5.41) is 14.5. The number of rotatable bonds is 9. The van der Waals surface area contributed by atoms with E-state index in [2.05, 4.69) is 29.9 Å². The molecule has 2 aliphatic rings. The quantitative estimate of drug-likeness (QED) is 0.0824. The number of aromatic nitrogens is 2. The number of amides is 1. The molecule has 8 nitrogen and oxygen atoms in total. The second-order valence-electron chi connectivity index (χ2n) is 12.9. The molecule has 1 amide bonds. The zero-order chi connectivity index (χ0) is 33.3. The molecule has 0 radical (unpaired) electrons. The number of epoxide rings is 1. The molecule has 0 spiro atoms. The average molecular weight is 672 g/mol. The molecule has 1 saturated heterocycles. The van der Waals surface area contributed by atoms with E-state index in [1.807, 2.05) is 67.6 Å². The number of methoxy groups -OCH3 is 1. The number of anilines is 1. The Labute approximate surface area is 285 Å². The van der Waals surface area contributed by atoms with E-state index in [0.29, 0.717) is 34.8 Å². The van der Waals surface area contributed by atoms with Gasteiger partial charge in [-0.3, -0.25) is 9.97 Å². The third-order valence-electron chi connectivity index (χ3n) is 9.42. The minimum Gasteiger partial charge on any atom is -0.443 e. The number of hydrogen-bond donors (Lipinski definition) is 1. The fourth-order valence-electron chi connectivity index (χ4n) is 7.08. The maximum absolute atomic E-state index is 14.0. The highest BCUT2D eigenvalue weighted by Gasteiger charge is 2.67. The predicted octanol–water partition coefficient (Wildman–Crippen LogP) is 7.90. The molecule has 2 aromatic carbocycles. The Morgan fingerprint density at radius 2 is 1.72 bits per heavy atom. The van der Waals surface area contributed by atoms with E-state index in [9.17, 15) is 9.90 Å². The van der Waals surface area contributed by atoms with Gasteiger partial charge in [0, 0.05) is 46.8 Å². The first-order valence-electron chi connectivity index (χ1n) is 15.9. The molecule has 6 atom stereocenters. The molecule has 4 aromatic rings. The van der Waals surface area contributed by atoms with Gasteiger partial charge in [0.2, 0.25) is 0 Å². The van der Waals surface area contributed by atoms with Crippen LogP contribution in [-0.4, -0.2) is 68.5 Å². The molecular weight excluding hydrogens is 631 g/mol. The third-order valence-corrected chi connectivity index (χ3v) is 10.9. The maximum atomic E-state index is 14.0. The van der Waals surface area contributed by atoms with Crippen molar-refractivity contribution < 1.29 is 24.1 Å². The van der Waals surface area contributed by atoms with E-state index in [-0.39, 0.29) is 6.10 Å². The standard InChI is InChI=1S/C37H41N3O5S2/c1-23(2)16-17-30-36(4,45-30)34-33(43-5)28(18-19-37(34,42)22-47-29-15-7-11-26-13-9-21-39-32(26)29)44-35(41)40(24(3)46)27-14-6-10-25-12-8-20-38-31(25)27/h6-16,20-21,28,30,33-34,42H,17-19,22H2,1-5H3. The van der Waals surface area contributed by atoms with Gasteiger partial charge in [-0.05, 0) is 71.2 Å². The Morgan fingerprint density at radius 3 is 2.40 bits per heavy atom. The van der Waals surface area contributed by atoms with E-state index in [1.54, 1.807) is 38.2 Å². The summed E-state index contributed by atoms with van der Waals surface area (Å²) in [4.78, 5) is 25.9. The van der Waals surface area contributed by atoms with Gasteiger partial charge in [-0.15, -0.1) is 11.8 Å². The summed E-state index contributed by atoms with van der Waals surface area (Å²) < 4.78 is 18.9. The molecule has 1 aliphatic carbocycles. The molecule has 47 heavy (non-hydrogen) atoms. The number of hydrogen-bond acceptors (Lipinski definition) is 9. The van der Waals surface area contributed by atoms with Crippen LogP contribution in [0, 0.1) is 5.92 Å². The van der Waals surface area contributed by atoms with E-state index in [1.165, 1.54) is 10.5 Å². The van der Waals surface area contributed by atoms with Crippen molar-refractivity contribution in [1.82, 2.24) is 9.97 Å². The van der Waals surface area contributed by atoms with Crippen molar-refractivity contribution in [1.29, 1.82) is 0 Å². The van der Waals surface area contributed by atoms with Crippen molar-refractivity contribution >= 4 is 62.6 Å². The fourth-order valence-corrected chi connectivity index (χ4v) is 8.47. The van der Waals surface area contributed by atoms with Crippen LogP contribution in [0.25, 0.3) is 21.8 Å². The number of fused-ring (bicyclic) bond motifs is 2. The van der Waals surface area contributed by atoms with E-state index < -0.39 is 35.4 Å². The number of nitrogens with zero attached hydrogens (tertiary/aromatic N) is 3. The lowest BCUT2D eigenvalue weighted by Gasteiger charge is -2.49. The van der Waals surface area contributed by atoms with Crippen LogP contribution in [0.4, 0.5) is 10.5 Å². The van der Waals surface area contributed by atoms with Gasteiger partial charge in [0.05, 0.1) is 33.4 Å². The lowest BCUT2D eigenvalue weighted by Crippen LogP contribution is -2.61. The highest BCUT2D eigenvalue weighted by atomic mass is 32.2. The zero-order valence-electron chi connectivity index (χ0n) is 27.4. The van der Waals surface area contributed by atoms with E-state index in [0.717, 1.165) is 27.6 Å². The number of benzene rings is 2. The largest absolute Gasteiger partial charge is 0.443 e. The second-order valence-corrected chi connectivity index (χ2v) is 14.5. The number of thioether (sulfide) groups is 1. The fraction of sp³-hybridized carbons (Fsp3) is 0.405. The highest BCUT2D eigenvalue weighted by Crippen LogP contribution is 2.55. The highest BCUT2D eigenvalue weighted by molar-refractivity contribution is 7.99. The van der Waals surface area contributed by atoms with Gasteiger partial charge < -0.3 is 19.3 Å². The van der Waals surface area contributed by atoms with Crippen molar-refractivity contribution in [3.63, 3.8) is 0 Å². The van der Waals surface area contributed by atoms with Crippen molar-refractivity contribution in [3.05, 3.63) is 84.7 Å². The van der Waals surface area contributed by atoms with Crippen LogP contribution in [0.3, 0.4) is 0 Å². The molecule has 2 fully saturated rings. The number of ether oxygens (including phenoxy) is 3. The molecule has 1 aliphatic heterocycles. The molecule has 6 rings (SSSR count).